The first-order valence-electron chi connectivity index (χ1n) is 7.22. The maximum absolute atomic E-state index is 12.8. The van der Waals surface area contributed by atoms with Crippen molar-refractivity contribution in [2.45, 2.75) is 19.3 Å². The number of aromatic nitrogens is 1. The van der Waals surface area contributed by atoms with Crippen LogP contribution in [0.25, 0.3) is 10.9 Å². The number of carbonyl (C=O) groups is 3. The highest BCUT2D eigenvalue weighted by Crippen LogP contribution is 2.32. The zero-order valence-electron chi connectivity index (χ0n) is 12.3. The van der Waals surface area contributed by atoms with Gasteiger partial charge in [-0.15, -0.1) is 0 Å². The van der Waals surface area contributed by atoms with Gasteiger partial charge in [-0.1, -0.05) is 11.6 Å². The Morgan fingerprint density at radius 3 is 2.54 bits per heavy atom. The van der Waals surface area contributed by atoms with Crippen molar-refractivity contribution in [2.75, 3.05) is 0 Å². The molecule has 1 aliphatic carbocycles. The zero-order valence-corrected chi connectivity index (χ0v) is 13.1. The van der Waals surface area contributed by atoms with E-state index in [9.17, 15) is 24.5 Å². The van der Waals surface area contributed by atoms with Crippen molar-refractivity contribution >= 4 is 45.5 Å². The Hall–Kier alpha value is -2.67. The van der Waals surface area contributed by atoms with Crippen molar-refractivity contribution in [3.8, 4) is 0 Å². The monoisotopic (exact) mass is 346 g/mol. The first-order chi connectivity index (χ1) is 11.4. The van der Waals surface area contributed by atoms with E-state index in [1.807, 2.05) is 0 Å². The minimum atomic E-state index is -1.49. The van der Waals surface area contributed by atoms with Crippen LogP contribution in [0.2, 0.25) is 5.02 Å². The minimum absolute atomic E-state index is 0.0600. The van der Waals surface area contributed by atoms with Gasteiger partial charge in [-0.2, -0.15) is 0 Å². The van der Waals surface area contributed by atoms with Crippen LogP contribution in [-0.2, 0) is 9.59 Å². The summed E-state index contributed by atoms with van der Waals surface area (Å²) in [6.07, 6.45) is 1.88. The second-order valence-corrected chi connectivity index (χ2v) is 5.96. The Morgan fingerprint density at radius 1 is 1.25 bits per heavy atom. The van der Waals surface area contributed by atoms with Crippen LogP contribution >= 0.6 is 11.6 Å². The van der Waals surface area contributed by atoms with Gasteiger partial charge in [0, 0.05) is 30.5 Å². The quantitative estimate of drug-likeness (QED) is 0.366. The maximum atomic E-state index is 12.8. The Bertz CT molecular complexity index is 893. The van der Waals surface area contributed by atoms with Crippen LogP contribution in [0.15, 0.2) is 24.4 Å². The van der Waals surface area contributed by atoms with Crippen LogP contribution in [0.5, 0.6) is 0 Å². The van der Waals surface area contributed by atoms with E-state index in [0.717, 1.165) is 6.07 Å². The van der Waals surface area contributed by atoms with Gasteiger partial charge in [-0.3, -0.25) is 29.5 Å². The molecule has 3 rings (SSSR count). The summed E-state index contributed by atoms with van der Waals surface area (Å²) in [5.74, 6) is -3.36. The average molecular weight is 347 g/mol. The smallest absolute Gasteiger partial charge is 0.282 e. The molecular formula is C16H11ClN2O5. The lowest BCUT2D eigenvalue weighted by atomic mass is 9.81. The van der Waals surface area contributed by atoms with Crippen molar-refractivity contribution in [2.24, 2.45) is 5.92 Å². The summed E-state index contributed by atoms with van der Waals surface area (Å²) >= 11 is 5.86. The van der Waals surface area contributed by atoms with Crippen LogP contribution < -0.4 is 0 Å². The van der Waals surface area contributed by atoms with Crippen LogP contribution in [0.1, 0.15) is 29.6 Å². The second-order valence-electron chi connectivity index (χ2n) is 5.53. The largest absolute Gasteiger partial charge is 0.298 e. The standard InChI is InChI=1S/C16H11ClN2O5/c17-9-6-8-4-5-10(19(23)24)13(15(8)18-7-9)16(22)14-11(20)2-1-3-12(14)21/h4-7,14H,1-3H2. The van der Waals surface area contributed by atoms with Gasteiger partial charge < -0.3 is 0 Å². The lowest BCUT2D eigenvalue weighted by Crippen LogP contribution is -2.35. The molecule has 2 aromatic rings. The van der Waals surface area contributed by atoms with Crippen molar-refractivity contribution in [1.82, 2.24) is 4.98 Å². The van der Waals surface area contributed by atoms with Gasteiger partial charge in [0.05, 0.1) is 15.5 Å². The number of rotatable bonds is 3. The van der Waals surface area contributed by atoms with E-state index >= 15 is 0 Å². The molecule has 1 aromatic carbocycles. The number of hydrogen-bond donors (Lipinski definition) is 0. The summed E-state index contributed by atoms with van der Waals surface area (Å²) < 4.78 is 0. The molecule has 8 heteroatoms. The summed E-state index contributed by atoms with van der Waals surface area (Å²) in [6, 6.07) is 4.09. The number of halogens is 1. The SMILES string of the molecule is O=C1CCCC(=O)C1C(=O)c1c([N+](=O)[O-])ccc2cc(Cl)cnc12. The predicted molar refractivity (Wildman–Crippen MR) is 85.1 cm³/mol. The molecular weight excluding hydrogens is 336 g/mol. The number of nitro groups is 1. The molecule has 0 N–H and O–H groups in total. The normalized spacial score (nSPS) is 15.7. The summed E-state index contributed by atoms with van der Waals surface area (Å²) in [7, 11) is 0. The summed E-state index contributed by atoms with van der Waals surface area (Å²) in [4.78, 5) is 51.5. The van der Waals surface area contributed by atoms with Gasteiger partial charge in [0.15, 0.2) is 17.3 Å². The number of nitro benzene ring substituents is 1. The fourth-order valence-electron chi connectivity index (χ4n) is 2.90. The van der Waals surface area contributed by atoms with Crippen molar-refractivity contribution in [3.63, 3.8) is 0 Å². The van der Waals surface area contributed by atoms with Gasteiger partial charge in [-0.05, 0) is 18.6 Å². The van der Waals surface area contributed by atoms with Crippen LogP contribution in [0.4, 0.5) is 5.69 Å². The first kappa shape index (κ1) is 16.2. The Labute approximate surface area is 140 Å². The molecule has 0 unspecified atom stereocenters. The van der Waals surface area contributed by atoms with E-state index < -0.39 is 33.9 Å². The first-order valence-corrected chi connectivity index (χ1v) is 7.60. The summed E-state index contributed by atoms with van der Waals surface area (Å²) in [5, 5.41) is 12.0. The predicted octanol–water partition coefficient (Wildman–Crippen LogP) is 2.92. The molecule has 1 aliphatic rings. The van der Waals surface area contributed by atoms with Gasteiger partial charge in [0.1, 0.15) is 11.5 Å². The number of nitrogens with zero attached hydrogens (tertiary/aromatic N) is 2. The molecule has 7 nitrogen and oxygen atoms in total. The van der Waals surface area contributed by atoms with Crippen molar-refractivity contribution in [3.05, 3.63) is 45.1 Å². The highest BCUT2D eigenvalue weighted by molar-refractivity contribution is 6.32. The third-order valence-corrected chi connectivity index (χ3v) is 4.20. The molecule has 0 bridgehead atoms. The Kier molecular flexibility index (Phi) is 4.11. The average Bonchev–Trinajstić information content (AvgIpc) is 2.53. The number of hydrogen-bond acceptors (Lipinski definition) is 6. The van der Waals surface area contributed by atoms with E-state index in [0.29, 0.717) is 16.8 Å². The molecule has 0 aliphatic heterocycles. The zero-order chi connectivity index (χ0) is 17.4. The fourth-order valence-corrected chi connectivity index (χ4v) is 3.07. The molecule has 122 valence electrons. The van der Waals surface area contributed by atoms with Gasteiger partial charge >= 0.3 is 0 Å². The summed E-state index contributed by atoms with van der Waals surface area (Å²) in [6.45, 7) is 0. The number of fused-ring (bicyclic) bond motifs is 1. The lowest BCUT2D eigenvalue weighted by molar-refractivity contribution is -0.385. The molecule has 1 heterocycles. The molecule has 1 saturated carbocycles. The minimum Gasteiger partial charge on any atom is -0.298 e. The van der Waals surface area contributed by atoms with Gasteiger partial charge in [-0.25, -0.2) is 0 Å². The molecule has 1 aromatic heterocycles. The van der Waals surface area contributed by atoms with E-state index in [1.165, 1.54) is 18.3 Å². The van der Waals surface area contributed by atoms with Gasteiger partial charge in [0.2, 0.25) is 0 Å². The van der Waals surface area contributed by atoms with E-state index in [-0.39, 0.29) is 23.9 Å². The third kappa shape index (κ3) is 2.67. The number of pyridine rings is 1. The van der Waals surface area contributed by atoms with E-state index in [1.54, 1.807) is 0 Å². The van der Waals surface area contributed by atoms with Gasteiger partial charge in [0.25, 0.3) is 5.69 Å². The Morgan fingerprint density at radius 2 is 1.92 bits per heavy atom. The molecule has 0 amide bonds. The maximum Gasteiger partial charge on any atom is 0.282 e. The number of benzene rings is 1. The molecule has 0 radical (unpaired) electrons. The van der Waals surface area contributed by atoms with Crippen molar-refractivity contribution in [1.29, 1.82) is 0 Å². The molecule has 1 fully saturated rings. The van der Waals surface area contributed by atoms with Crippen LogP contribution in [0.3, 0.4) is 0 Å². The molecule has 0 atom stereocenters. The Balaban J connectivity index is 2.24. The number of Topliss-reactive ketones (excluding diaryl/α,β-unsaturated/α-hetero) is 3. The second kappa shape index (κ2) is 6.09. The highest BCUT2D eigenvalue weighted by atomic mass is 35.5. The van der Waals surface area contributed by atoms with Crippen LogP contribution in [-0.4, -0.2) is 27.3 Å². The van der Waals surface area contributed by atoms with E-state index in [2.05, 4.69) is 4.98 Å². The number of ketones is 3. The molecule has 0 saturated heterocycles. The topological polar surface area (TPSA) is 107 Å². The third-order valence-electron chi connectivity index (χ3n) is 3.99. The van der Waals surface area contributed by atoms with Crippen LogP contribution in [0, 0.1) is 16.0 Å². The highest BCUT2D eigenvalue weighted by Gasteiger charge is 2.40. The fraction of sp³-hybridized carbons (Fsp3) is 0.250. The summed E-state index contributed by atoms with van der Waals surface area (Å²) in [5.41, 5.74) is -0.735. The van der Waals surface area contributed by atoms with E-state index in [4.69, 9.17) is 11.6 Å². The lowest BCUT2D eigenvalue weighted by Gasteiger charge is -2.18. The molecule has 0 spiro atoms. The molecule has 24 heavy (non-hydrogen) atoms. The van der Waals surface area contributed by atoms with Crippen molar-refractivity contribution < 1.29 is 19.3 Å². The number of carbonyl (C=O) groups excluding carboxylic acids is 3.